The van der Waals surface area contributed by atoms with Crippen LogP contribution in [0.2, 0.25) is 5.02 Å². The lowest BCUT2D eigenvalue weighted by atomic mass is 9.87. The molecule has 2 aromatic heterocycles. The normalized spacial score (nSPS) is 19.6. The maximum absolute atomic E-state index is 13.1. The Bertz CT molecular complexity index is 983. The molecule has 8 nitrogen and oxygen atoms in total. The highest BCUT2D eigenvalue weighted by Gasteiger charge is 2.51. The third kappa shape index (κ3) is 2.87. The second kappa shape index (κ2) is 6.55. The number of hydrogen-bond donors (Lipinski definition) is 1. The van der Waals surface area contributed by atoms with Gasteiger partial charge in [0.05, 0.1) is 6.26 Å². The number of imide groups is 1. The zero-order valence-corrected chi connectivity index (χ0v) is 15.1. The minimum Gasteiger partial charge on any atom is -0.461 e. The summed E-state index contributed by atoms with van der Waals surface area (Å²) in [6, 6.07) is 9.70. The van der Waals surface area contributed by atoms with E-state index in [1.807, 2.05) is 6.92 Å². The molecule has 1 fully saturated rings. The van der Waals surface area contributed by atoms with Crippen LogP contribution in [0.3, 0.4) is 0 Å². The maximum Gasteiger partial charge on any atom is 0.325 e. The lowest BCUT2D eigenvalue weighted by molar-refractivity contribution is -0.132. The van der Waals surface area contributed by atoms with Gasteiger partial charge >= 0.3 is 6.03 Å². The van der Waals surface area contributed by atoms with Gasteiger partial charge in [-0.2, -0.15) is 4.98 Å². The van der Waals surface area contributed by atoms with Gasteiger partial charge in [-0.15, -0.1) is 0 Å². The van der Waals surface area contributed by atoms with Crippen LogP contribution in [0.15, 0.2) is 51.6 Å². The van der Waals surface area contributed by atoms with Gasteiger partial charge in [-0.25, -0.2) is 4.79 Å². The molecule has 138 valence electrons. The van der Waals surface area contributed by atoms with Crippen LogP contribution in [0.5, 0.6) is 0 Å². The maximum atomic E-state index is 13.1. The molecule has 0 aliphatic carbocycles. The van der Waals surface area contributed by atoms with Crippen molar-refractivity contribution in [1.82, 2.24) is 20.4 Å². The third-order valence-electron chi connectivity index (χ3n) is 4.55. The molecular weight excluding hydrogens is 372 g/mol. The van der Waals surface area contributed by atoms with Crippen LogP contribution in [-0.2, 0) is 16.9 Å². The van der Waals surface area contributed by atoms with Crippen molar-refractivity contribution >= 4 is 23.5 Å². The number of aromatic nitrogens is 2. The summed E-state index contributed by atoms with van der Waals surface area (Å²) in [5.74, 6) is 0.441. The fourth-order valence-electron chi connectivity index (χ4n) is 3.10. The van der Waals surface area contributed by atoms with Gasteiger partial charge < -0.3 is 14.3 Å². The average molecular weight is 387 g/mol. The summed E-state index contributed by atoms with van der Waals surface area (Å²) in [4.78, 5) is 30.8. The van der Waals surface area contributed by atoms with Gasteiger partial charge in [0.15, 0.2) is 5.76 Å². The Morgan fingerprint density at radius 3 is 2.67 bits per heavy atom. The first kappa shape index (κ1) is 17.3. The van der Waals surface area contributed by atoms with Crippen LogP contribution in [0.25, 0.3) is 11.6 Å². The molecule has 9 heteroatoms. The zero-order valence-electron chi connectivity index (χ0n) is 14.3. The summed E-state index contributed by atoms with van der Waals surface area (Å²) < 4.78 is 10.4. The summed E-state index contributed by atoms with van der Waals surface area (Å²) in [5.41, 5.74) is -0.483. The molecule has 4 rings (SSSR count). The van der Waals surface area contributed by atoms with E-state index >= 15 is 0 Å². The molecule has 1 N–H and O–H groups in total. The number of nitrogens with one attached hydrogen (secondary N) is 1. The van der Waals surface area contributed by atoms with E-state index in [0.29, 0.717) is 22.8 Å². The van der Waals surface area contributed by atoms with Crippen LogP contribution in [-0.4, -0.2) is 27.0 Å². The molecule has 1 aliphatic rings. The van der Waals surface area contributed by atoms with E-state index in [1.165, 1.54) is 6.26 Å². The fraction of sp³-hybridized carbons (Fsp3) is 0.222. The van der Waals surface area contributed by atoms with E-state index in [9.17, 15) is 9.59 Å². The molecule has 0 spiro atoms. The quantitative estimate of drug-likeness (QED) is 0.675. The molecule has 0 saturated carbocycles. The Morgan fingerprint density at radius 1 is 1.22 bits per heavy atom. The first-order valence-electron chi connectivity index (χ1n) is 8.30. The number of carbonyl (C=O) groups is 2. The van der Waals surface area contributed by atoms with Crippen LogP contribution >= 0.6 is 11.6 Å². The lowest BCUT2D eigenvalue weighted by Gasteiger charge is -2.25. The topological polar surface area (TPSA) is 101 Å². The number of benzene rings is 1. The van der Waals surface area contributed by atoms with E-state index in [2.05, 4.69) is 15.5 Å². The lowest BCUT2D eigenvalue weighted by Crippen LogP contribution is -2.43. The second-order valence-electron chi connectivity index (χ2n) is 6.08. The van der Waals surface area contributed by atoms with E-state index in [-0.39, 0.29) is 24.2 Å². The number of hydrogen-bond acceptors (Lipinski definition) is 6. The van der Waals surface area contributed by atoms with E-state index < -0.39 is 11.6 Å². The van der Waals surface area contributed by atoms with Gasteiger partial charge in [-0.1, -0.05) is 35.8 Å². The summed E-state index contributed by atoms with van der Waals surface area (Å²) >= 11 is 5.93. The monoisotopic (exact) mass is 386 g/mol. The smallest absolute Gasteiger partial charge is 0.325 e. The van der Waals surface area contributed by atoms with Crippen molar-refractivity contribution in [3.8, 4) is 11.6 Å². The molecule has 3 amide bonds. The Balaban J connectivity index is 1.60. The molecule has 0 bridgehead atoms. The predicted molar refractivity (Wildman–Crippen MR) is 94.5 cm³/mol. The highest BCUT2D eigenvalue weighted by molar-refractivity contribution is 6.30. The Hall–Kier alpha value is -3.13. The van der Waals surface area contributed by atoms with E-state index in [4.69, 9.17) is 20.5 Å². The molecular formula is C18H15ClN4O4. The standard InChI is InChI=1S/C18H15ClN4O4/c1-2-18(11-5-7-12(19)8-6-11)16(24)23(17(25)21-18)10-14-20-15(22-27-14)13-4-3-9-26-13/h3-9H,2,10H2,1H3,(H,21,25). The van der Waals surface area contributed by atoms with Crippen LogP contribution in [0.1, 0.15) is 24.8 Å². The number of amides is 3. The Labute approximate surface area is 159 Å². The molecule has 27 heavy (non-hydrogen) atoms. The van der Waals surface area contributed by atoms with Crippen molar-refractivity contribution in [2.75, 3.05) is 0 Å². The highest BCUT2D eigenvalue weighted by Crippen LogP contribution is 2.33. The van der Waals surface area contributed by atoms with Crippen molar-refractivity contribution < 1.29 is 18.5 Å². The minimum atomic E-state index is -1.15. The zero-order chi connectivity index (χ0) is 19.0. The van der Waals surface area contributed by atoms with Gasteiger partial charge in [0.2, 0.25) is 11.7 Å². The Morgan fingerprint density at radius 2 is 2.00 bits per heavy atom. The minimum absolute atomic E-state index is 0.131. The molecule has 3 heterocycles. The summed E-state index contributed by atoms with van der Waals surface area (Å²) in [7, 11) is 0. The molecule has 1 aliphatic heterocycles. The van der Waals surface area contributed by atoms with Gasteiger partial charge in [-0.05, 0) is 36.2 Å². The largest absolute Gasteiger partial charge is 0.461 e. The second-order valence-corrected chi connectivity index (χ2v) is 6.51. The van der Waals surface area contributed by atoms with E-state index in [0.717, 1.165) is 4.90 Å². The van der Waals surface area contributed by atoms with E-state index in [1.54, 1.807) is 36.4 Å². The molecule has 1 aromatic carbocycles. The summed E-state index contributed by atoms with van der Waals surface area (Å²) in [6.07, 6.45) is 1.88. The first-order chi connectivity index (χ1) is 13.0. The van der Waals surface area contributed by atoms with Crippen molar-refractivity contribution in [1.29, 1.82) is 0 Å². The average Bonchev–Trinajstić information content (AvgIpc) is 3.39. The summed E-state index contributed by atoms with van der Waals surface area (Å²) in [5, 5.41) is 7.16. The number of nitrogens with zero attached hydrogens (tertiary/aromatic N) is 3. The van der Waals surface area contributed by atoms with Crippen LogP contribution < -0.4 is 5.32 Å². The van der Waals surface area contributed by atoms with Crippen molar-refractivity contribution in [2.45, 2.75) is 25.4 Å². The molecule has 1 unspecified atom stereocenters. The number of urea groups is 1. The fourth-order valence-corrected chi connectivity index (χ4v) is 3.23. The molecule has 1 saturated heterocycles. The Kier molecular flexibility index (Phi) is 4.19. The predicted octanol–water partition coefficient (Wildman–Crippen LogP) is 3.34. The molecule has 1 atom stereocenters. The number of carbonyl (C=O) groups excluding carboxylic acids is 2. The molecule has 3 aromatic rings. The SMILES string of the molecule is CCC1(c2ccc(Cl)cc2)NC(=O)N(Cc2nc(-c3ccco3)no2)C1=O. The highest BCUT2D eigenvalue weighted by atomic mass is 35.5. The number of rotatable bonds is 5. The number of halogens is 1. The van der Waals surface area contributed by atoms with Gasteiger partial charge in [-0.3, -0.25) is 9.69 Å². The molecule has 0 radical (unpaired) electrons. The van der Waals surface area contributed by atoms with Crippen molar-refractivity contribution in [3.05, 3.63) is 59.1 Å². The third-order valence-corrected chi connectivity index (χ3v) is 4.80. The van der Waals surface area contributed by atoms with Crippen molar-refractivity contribution in [3.63, 3.8) is 0 Å². The van der Waals surface area contributed by atoms with Gasteiger partial charge in [0, 0.05) is 5.02 Å². The van der Waals surface area contributed by atoms with Crippen LogP contribution in [0.4, 0.5) is 4.79 Å². The summed E-state index contributed by atoms with van der Waals surface area (Å²) in [6.45, 7) is 1.70. The van der Waals surface area contributed by atoms with Crippen molar-refractivity contribution in [2.24, 2.45) is 0 Å². The number of furan rings is 1. The van der Waals surface area contributed by atoms with Crippen LogP contribution in [0, 0.1) is 0 Å². The first-order valence-corrected chi connectivity index (χ1v) is 8.68. The van der Waals surface area contributed by atoms with Gasteiger partial charge in [0.25, 0.3) is 5.91 Å². The van der Waals surface area contributed by atoms with Gasteiger partial charge in [0.1, 0.15) is 12.1 Å².